The zero-order chi connectivity index (χ0) is 24.5. The van der Waals surface area contributed by atoms with Crippen molar-refractivity contribution in [3.05, 3.63) is 94.8 Å². The summed E-state index contributed by atoms with van der Waals surface area (Å²) < 4.78 is 47.9. The van der Waals surface area contributed by atoms with E-state index in [1.165, 1.54) is 18.3 Å². The normalized spacial score (nSPS) is 11.5. The first-order chi connectivity index (χ1) is 16.3. The van der Waals surface area contributed by atoms with Crippen molar-refractivity contribution in [2.75, 3.05) is 6.61 Å². The summed E-state index contributed by atoms with van der Waals surface area (Å²) in [7, 11) is -3.95. The van der Waals surface area contributed by atoms with Gasteiger partial charge in [0, 0.05) is 35.7 Å². The van der Waals surface area contributed by atoms with Gasteiger partial charge in [-0.15, -0.1) is 0 Å². The maximum atomic E-state index is 13.3. The third-order valence-electron chi connectivity index (χ3n) is 5.70. The van der Waals surface area contributed by atoms with Crippen LogP contribution in [0, 0.1) is 24.1 Å². The number of benzene rings is 1. The number of esters is 1. The van der Waals surface area contributed by atoms with Crippen molar-refractivity contribution in [3.63, 3.8) is 0 Å². The summed E-state index contributed by atoms with van der Waals surface area (Å²) in [6.45, 7) is 3.87. The highest BCUT2D eigenvalue weighted by Crippen LogP contribution is 2.28. The van der Waals surface area contributed by atoms with Crippen LogP contribution in [0.2, 0.25) is 0 Å². The molecule has 0 spiro atoms. The van der Waals surface area contributed by atoms with E-state index in [1.807, 2.05) is 11.3 Å². The Morgan fingerprint density at radius 3 is 2.56 bits per heavy atom. The second-order valence-corrected chi connectivity index (χ2v) is 9.56. The second-order valence-electron chi connectivity index (χ2n) is 7.75. The van der Waals surface area contributed by atoms with Crippen LogP contribution >= 0.6 is 0 Å². The largest absolute Gasteiger partial charge is 0.466 e. The second kappa shape index (κ2) is 9.15. The monoisotopic (exact) mass is 479 g/mol. The summed E-state index contributed by atoms with van der Waals surface area (Å²) >= 11 is 0. The number of hydrogen-bond acceptors (Lipinski definition) is 5. The maximum absolute atomic E-state index is 13.3. The topological polar surface area (TPSA) is 93.6 Å². The van der Waals surface area contributed by atoms with Gasteiger partial charge in [0.25, 0.3) is 10.0 Å². The number of hydrogen-bond donors (Lipinski definition) is 0. The van der Waals surface area contributed by atoms with Crippen molar-refractivity contribution < 1.29 is 22.3 Å². The fourth-order valence-corrected chi connectivity index (χ4v) is 5.42. The molecule has 0 saturated carbocycles. The minimum Gasteiger partial charge on any atom is -0.466 e. The van der Waals surface area contributed by atoms with Gasteiger partial charge in [-0.1, -0.05) is 0 Å². The minimum atomic E-state index is -3.95. The molecule has 174 valence electrons. The zero-order valence-electron chi connectivity index (χ0n) is 18.7. The summed E-state index contributed by atoms with van der Waals surface area (Å²) in [5, 5.41) is 9.38. The van der Waals surface area contributed by atoms with Crippen molar-refractivity contribution in [3.8, 4) is 6.07 Å². The lowest BCUT2D eigenvalue weighted by Gasteiger charge is -2.12. The molecule has 0 fully saturated rings. The molecule has 4 aromatic rings. The van der Waals surface area contributed by atoms with Crippen molar-refractivity contribution >= 4 is 21.5 Å². The van der Waals surface area contributed by atoms with E-state index in [1.54, 1.807) is 37.4 Å². The molecule has 0 aliphatic heterocycles. The molecule has 0 N–H and O–H groups in total. The molecule has 7 nitrogen and oxygen atoms in total. The lowest BCUT2D eigenvalue weighted by atomic mass is 10.1. The Hall–Kier alpha value is -3.90. The van der Waals surface area contributed by atoms with E-state index in [2.05, 4.69) is 6.07 Å². The molecule has 1 aromatic carbocycles. The average Bonchev–Trinajstić information content (AvgIpc) is 3.39. The Morgan fingerprint density at radius 2 is 1.88 bits per heavy atom. The van der Waals surface area contributed by atoms with E-state index >= 15 is 0 Å². The molecular weight excluding hydrogens is 457 g/mol. The van der Waals surface area contributed by atoms with Gasteiger partial charge in [0.2, 0.25) is 0 Å². The SMILES string of the molecule is CCOC(=O)Cc1c(C)c(Cc2cccn2S(=O)(=O)c2ccc(F)cc2)n2cc(C#N)ccc12. The van der Waals surface area contributed by atoms with Crippen LogP contribution in [0.25, 0.3) is 5.52 Å². The number of nitrogens with zero attached hydrogens (tertiary/aromatic N) is 3. The van der Waals surface area contributed by atoms with Gasteiger partial charge in [0.05, 0.1) is 23.5 Å². The molecule has 0 unspecified atom stereocenters. The first-order valence-corrected chi connectivity index (χ1v) is 12.1. The summed E-state index contributed by atoms with van der Waals surface area (Å²) in [5.74, 6) is -0.888. The summed E-state index contributed by atoms with van der Waals surface area (Å²) in [6, 6.07) is 13.5. The molecule has 0 aliphatic carbocycles. The first kappa shape index (κ1) is 23.3. The van der Waals surface area contributed by atoms with E-state index in [-0.39, 0.29) is 30.3 Å². The molecule has 0 atom stereocenters. The average molecular weight is 480 g/mol. The number of aromatic nitrogens is 2. The molecule has 0 radical (unpaired) electrons. The summed E-state index contributed by atoms with van der Waals surface area (Å²) in [6.07, 6.45) is 3.40. The summed E-state index contributed by atoms with van der Waals surface area (Å²) in [4.78, 5) is 12.2. The van der Waals surface area contributed by atoms with Crippen molar-refractivity contribution in [1.82, 2.24) is 8.37 Å². The highest BCUT2D eigenvalue weighted by molar-refractivity contribution is 7.90. The lowest BCUT2D eigenvalue weighted by Crippen LogP contribution is -2.15. The van der Waals surface area contributed by atoms with E-state index in [0.717, 1.165) is 38.4 Å². The Balaban J connectivity index is 1.81. The molecule has 9 heteroatoms. The molecule has 0 aliphatic rings. The zero-order valence-corrected chi connectivity index (χ0v) is 19.5. The number of pyridine rings is 1. The maximum Gasteiger partial charge on any atom is 0.310 e. The number of ether oxygens (including phenoxy) is 1. The van der Waals surface area contributed by atoms with E-state index in [0.29, 0.717) is 11.3 Å². The van der Waals surface area contributed by atoms with Crippen molar-refractivity contribution in [2.24, 2.45) is 0 Å². The number of rotatable bonds is 7. The number of carbonyl (C=O) groups excluding carboxylic acids is 1. The smallest absolute Gasteiger partial charge is 0.310 e. The van der Waals surface area contributed by atoms with Crippen LogP contribution in [-0.2, 0) is 32.4 Å². The van der Waals surface area contributed by atoms with Gasteiger partial charge in [-0.2, -0.15) is 5.26 Å². The van der Waals surface area contributed by atoms with Crippen LogP contribution in [0.4, 0.5) is 4.39 Å². The van der Waals surface area contributed by atoms with Gasteiger partial charge in [-0.25, -0.2) is 16.8 Å². The van der Waals surface area contributed by atoms with Gasteiger partial charge in [0.15, 0.2) is 0 Å². The molecule has 0 saturated heterocycles. The van der Waals surface area contributed by atoms with Crippen LogP contribution in [0.3, 0.4) is 0 Å². The van der Waals surface area contributed by atoms with Crippen molar-refractivity contribution in [2.45, 2.75) is 31.6 Å². The molecular formula is C25H22FN3O4S. The number of carbonyl (C=O) groups is 1. The van der Waals surface area contributed by atoms with E-state index in [4.69, 9.17) is 4.74 Å². The predicted molar refractivity (Wildman–Crippen MR) is 123 cm³/mol. The molecule has 0 amide bonds. The van der Waals surface area contributed by atoms with Gasteiger partial charge in [-0.3, -0.25) is 4.79 Å². The van der Waals surface area contributed by atoms with Crippen LogP contribution in [0.1, 0.15) is 35.0 Å². The number of nitriles is 1. The van der Waals surface area contributed by atoms with Crippen molar-refractivity contribution in [1.29, 1.82) is 5.26 Å². The third kappa shape index (κ3) is 4.20. The Morgan fingerprint density at radius 1 is 1.15 bits per heavy atom. The standard InChI is InChI=1S/C25H22FN3O4S/c1-3-33-25(30)14-22-17(2)24(28-16-18(15-27)6-11-23(22)28)13-20-5-4-12-29(20)34(31,32)21-9-7-19(26)8-10-21/h4-12,16H,3,13-14H2,1-2H3. The predicted octanol–water partition coefficient (Wildman–Crippen LogP) is 3.99. The first-order valence-electron chi connectivity index (χ1n) is 10.6. The third-order valence-corrected chi connectivity index (χ3v) is 7.44. The van der Waals surface area contributed by atoms with Gasteiger partial charge >= 0.3 is 5.97 Å². The number of halogens is 1. The molecule has 0 bridgehead atoms. The Bertz CT molecular complexity index is 1530. The fourth-order valence-electron chi connectivity index (χ4n) is 4.04. The van der Waals surface area contributed by atoms with Gasteiger partial charge in [0.1, 0.15) is 11.9 Å². The minimum absolute atomic E-state index is 0.0298. The van der Waals surface area contributed by atoms with Crippen LogP contribution in [0.5, 0.6) is 0 Å². The van der Waals surface area contributed by atoms with Gasteiger partial charge in [-0.05, 0) is 73.5 Å². The van der Waals surface area contributed by atoms with Crippen LogP contribution < -0.4 is 0 Å². The molecule has 4 rings (SSSR count). The molecule has 3 aromatic heterocycles. The van der Waals surface area contributed by atoms with Crippen LogP contribution in [0.15, 0.2) is 65.8 Å². The Labute approximate surface area is 196 Å². The van der Waals surface area contributed by atoms with Crippen LogP contribution in [-0.4, -0.2) is 29.4 Å². The van der Waals surface area contributed by atoms with E-state index in [9.17, 15) is 22.9 Å². The fraction of sp³-hybridized carbons (Fsp3) is 0.200. The van der Waals surface area contributed by atoms with Gasteiger partial charge < -0.3 is 9.14 Å². The summed E-state index contributed by atoms with van der Waals surface area (Å²) in [5.41, 5.74) is 3.99. The Kier molecular flexibility index (Phi) is 6.26. The lowest BCUT2D eigenvalue weighted by molar-refractivity contribution is -0.142. The van der Waals surface area contributed by atoms with E-state index < -0.39 is 15.8 Å². The quantitative estimate of drug-likeness (QED) is 0.374. The highest BCUT2D eigenvalue weighted by atomic mass is 32.2. The number of fused-ring (bicyclic) bond motifs is 1. The molecule has 3 heterocycles. The molecule has 34 heavy (non-hydrogen) atoms. The highest BCUT2D eigenvalue weighted by Gasteiger charge is 2.23.